The Balaban J connectivity index is 2.31. The van der Waals surface area contributed by atoms with Crippen LogP contribution in [0.4, 0.5) is 5.69 Å². The third-order valence-corrected chi connectivity index (χ3v) is 4.03. The SMILES string of the molecule is COc1ccc(NC(=O)c2ncc(Cl)c(Cl)c2Cl)c(OC)c1. The summed E-state index contributed by atoms with van der Waals surface area (Å²) >= 11 is 17.7. The molecule has 0 bridgehead atoms. The first-order chi connectivity index (χ1) is 10.5. The second-order valence-electron chi connectivity index (χ2n) is 4.10. The van der Waals surface area contributed by atoms with E-state index in [1.165, 1.54) is 20.4 Å². The predicted octanol–water partition coefficient (Wildman–Crippen LogP) is 4.31. The van der Waals surface area contributed by atoms with Gasteiger partial charge in [-0.25, -0.2) is 4.98 Å². The molecule has 0 fully saturated rings. The lowest BCUT2D eigenvalue weighted by Gasteiger charge is -2.12. The fourth-order valence-corrected chi connectivity index (χ4v) is 2.25. The van der Waals surface area contributed by atoms with E-state index in [0.29, 0.717) is 17.2 Å². The maximum absolute atomic E-state index is 12.3. The van der Waals surface area contributed by atoms with Crippen LogP contribution in [0.3, 0.4) is 0 Å². The lowest BCUT2D eigenvalue weighted by atomic mass is 10.2. The van der Waals surface area contributed by atoms with Crippen molar-refractivity contribution < 1.29 is 14.3 Å². The number of hydrogen-bond donors (Lipinski definition) is 1. The van der Waals surface area contributed by atoms with Crippen LogP contribution in [0.15, 0.2) is 24.4 Å². The molecular weight excluding hydrogens is 351 g/mol. The van der Waals surface area contributed by atoms with Gasteiger partial charge in [0, 0.05) is 12.3 Å². The molecule has 0 unspecified atom stereocenters. The Labute approximate surface area is 142 Å². The van der Waals surface area contributed by atoms with Gasteiger partial charge in [0.15, 0.2) is 0 Å². The van der Waals surface area contributed by atoms with Crippen molar-refractivity contribution in [3.63, 3.8) is 0 Å². The number of methoxy groups -OCH3 is 2. The number of nitrogens with one attached hydrogen (secondary N) is 1. The smallest absolute Gasteiger partial charge is 0.275 e. The van der Waals surface area contributed by atoms with E-state index >= 15 is 0 Å². The molecular formula is C14H11Cl3N2O3. The molecule has 2 aromatic rings. The van der Waals surface area contributed by atoms with Gasteiger partial charge in [-0.3, -0.25) is 4.79 Å². The molecule has 0 radical (unpaired) electrons. The van der Waals surface area contributed by atoms with E-state index < -0.39 is 5.91 Å². The van der Waals surface area contributed by atoms with E-state index in [0.717, 1.165) is 0 Å². The highest BCUT2D eigenvalue weighted by Gasteiger charge is 2.18. The Morgan fingerprint density at radius 2 is 1.86 bits per heavy atom. The van der Waals surface area contributed by atoms with Crippen molar-refractivity contribution in [3.8, 4) is 11.5 Å². The molecule has 0 atom stereocenters. The van der Waals surface area contributed by atoms with Crippen molar-refractivity contribution in [1.29, 1.82) is 0 Å². The number of aromatic nitrogens is 1. The molecule has 0 aliphatic rings. The zero-order valence-electron chi connectivity index (χ0n) is 11.6. The number of amides is 1. The third kappa shape index (κ3) is 3.38. The molecule has 1 heterocycles. The molecule has 1 N–H and O–H groups in total. The Morgan fingerprint density at radius 3 is 2.50 bits per heavy atom. The van der Waals surface area contributed by atoms with Gasteiger partial charge >= 0.3 is 0 Å². The molecule has 1 aromatic carbocycles. The quantitative estimate of drug-likeness (QED) is 0.881. The molecule has 1 aromatic heterocycles. The van der Waals surface area contributed by atoms with Crippen LogP contribution >= 0.6 is 34.8 Å². The zero-order chi connectivity index (χ0) is 16.3. The minimum Gasteiger partial charge on any atom is -0.497 e. The van der Waals surface area contributed by atoms with Crippen LogP contribution in [0.25, 0.3) is 0 Å². The number of pyridine rings is 1. The van der Waals surface area contributed by atoms with Crippen molar-refractivity contribution in [3.05, 3.63) is 45.2 Å². The van der Waals surface area contributed by atoms with Crippen molar-refractivity contribution in [2.45, 2.75) is 0 Å². The normalized spacial score (nSPS) is 10.2. The highest BCUT2D eigenvalue weighted by molar-refractivity contribution is 6.49. The number of ether oxygens (including phenoxy) is 2. The fourth-order valence-electron chi connectivity index (χ4n) is 1.68. The average molecular weight is 362 g/mol. The largest absolute Gasteiger partial charge is 0.497 e. The van der Waals surface area contributed by atoms with E-state index in [4.69, 9.17) is 44.3 Å². The van der Waals surface area contributed by atoms with E-state index in [9.17, 15) is 4.79 Å². The molecule has 5 nitrogen and oxygen atoms in total. The number of carbonyl (C=O) groups excluding carboxylic acids is 1. The Hall–Kier alpha value is -1.69. The van der Waals surface area contributed by atoms with Crippen LogP contribution in [0.1, 0.15) is 10.5 Å². The minimum absolute atomic E-state index is 0.0147. The summed E-state index contributed by atoms with van der Waals surface area (Å²) in [6.45, 7) is 0. The molecule has 1 amide bonds. The van der Waals surface area contributed by atoms with Gasteiger partial charge in [-0.15, -0.1) is 0 Å². The molecule has 0 saturated heterocycles. The lowest BCUT2D eigenvalue weighted by molar-refractivity contribution is 0.102. The van der Waals surface area contributed by atoms with Gasteiger partial charge in [-0.05, 0) is 12.1 Å². The summed E-state index contributed by atoms with van der Waals surface area (Å²) in [4.78, 5) is 16.2. The minimum atomic E-state index is -0.535. The number of halogens is 3. The summed E-state index contributed by atoms with van der Waals surface area (Å²) in [5, 5.41) is 2.88. The highest BCUT2D eigenvalue weighted by Crippen LogP contribution is 2.33. The van der Waals surface area contributed by atoms with E-state index in [2.05, 4.69) is 10.3 Å². The highest BCUT2D eigenvalue weighted by atomic mass is 35.5. The molecule has 0 aliphatic carbocycles. The van der Waals surface area contributed by atoms with E-state index in [-0.39, 0.29) is 20.8 Å². The Bertz CT molecular complexity index is 723. The standard InChI is InChI=1S/C14H11Cl3N2O3/c1-21-7-3-4-9(10(5-7)22-2)19-14(20)13-12(17)11(16)8(15)6-18-13/h3-6H,1-2H3,(H,19,20). The molecule has 2 rings (SSSR count). The summed E-state index contributed by atoms with van der Waals surface area (Å²) in [6.07, 6.45) is 1.26. The summed E-state index contributed by atoms with van der Waals surface area (Å²) in [6, 6.07) is 4.96. The predicted molar refractivity (Wildman–Crippen MR) is 86.8 cm³/mol. The lowest BCUT2D eigenvalue weighted by Crippen LogP contribution is -2.15. The first-order valence-electron chi connectivity index (χ1n) is 6.00. The number of benzene rings is 1. The monoisotopic (exact) mass is 360 g/mol. The van der Waals surface area contributed by atoms with Gasteiger partial charge in [-0.2, -0.15) is 0 Å². The molecule has 0 saturated carbocycles. The number of rotatable bonds is 4. The van der Waals surface area contributed by atoms with E-state index in [1.54, 1.807) is 18.2 Å². The topological polar surface area (TPSA) is 60.5 Å². The second-order valence-corrected chi connectivity index (χ2v) is 5.27. The Kier molecular flexibility index (Phi) is 5.34. The van der Waals surface area contributed by atoms with Crippen LogP contribution < -0.4 is 14.8 Å². The summed E-state index contributed by atoms with van der Waals surface area (Å²) in [5.74, 6) is 0.497. The van der Waals surface area contributed by atoms with Crippen LogP contribution in [0.2, 0.25) is 15.1 Å². The molecule has 22 heavy (non-hydrogen) atoms. The van der Waals surface area contributed by atoms with Crippen molar-refractivity contribution in [2.24, 2.45) is 0 Å². The van der Waals surface area contributed by atoms with Gasteiger partial charge in [-0.1, -0.05) is 34.8 Å². The van der Waals surface area contributed by atoms with Crippen LogP contribution in [0.5, 0.6) is 11.5 Å². The molecule has 0 spiro atoms. The maximum atomic E-state index is 12.3. The van der Waals surface area contributed by atoms with Crippen molar-refractivity contribution in [2.75, 3.05) is 19.5 Å². The molecule has 116 valence electrons. The average Bonchev–Trinajstić information content (AvgIpc) is 2.53. The second kappa shape index (κ2) is 7.05. The first kappa shape index (κ1) is 16.7. The fraction of sp³-hybridized carbons (Fsp3) is 0.143. The molecule has 0 aliphatic heterocycles. The van der Waals surface area contributed by atoms with Gasteiger partial charge in [0.2, 0.25) is 0 Å². The van der Waals surface area contributed by atoms with E-state index in [1.807, 2.05) is 0 Å². The Morgan fingerprint density at radius 1 is 1.14 bits per heavy atom. The van der Waals surface area contributed by atoms with Crippen molar-refractivity contribution in [1.82, 2.24) is 4.98 Å². The zero-order valence-corrected chi connectivity index (χ0v) is 13.9. The van der Waals surface area contributed by atoms with Crippen LogP contribution in [-0.4, -0.2) is 25.1 Å². The summed E-state index contributed by atoms with van der Waals surface area (Å²) < 4.78 is 10.3. The van der Waals surface area contributed by atoms with Crippen LogP contribution in [0, 0.1) is 0 Å². The van der Waals surface area contributed by atoms with Gasteiger partial charge in [0.1, 0.15) is 17.2 Å². The van der Waals surface area contributed by atoms with Crippen LogP contribution in [-0.2, 0) is 0 Å². The van der Waals surface area contributed by atoms with Gasteiger partial charge < -0.3 is 14.8 Å². The number of hydrogen-bond acceptors (Lipinski definition) is 4. The first-order valence-corrected chi connectivity index (χ1v) is 7.14. The van der Waals surface area contributed by atoms with Crippen molar-refractivity contribution >= 4 is 46.4 Å². The van der Waals surface area contributed by atoms with Gasteiger partial charge in [0.05, 0.1) is 35.0 Å². The van der Waals surface area contributed by atoms with Gasteiger partial charge in [0.25, 0.3) is 5.91 Å². The number of anilines is 1. The molecule has 8 heteroatoms. The number of carbonyl (C=O) groups is 1. The summed E-state index contributed by atoms with van der Waals surface area (Å²) in [7, 11) is 3.02. The maximum Gasteiger partial charge on any atom is 0.275 e. The third-order valence-electron chi connectivity index (χ3n) is 2.79. The number of nitrogens with zero attached hydrogens (tertiary/aromatic N) is 1. The summed E-state index contributed by atoms with van der Waals surface area (Å²) in [5.41, 5.74) is 0.408.